The molecule has 2 aromatic rings. The lowest BCUT2D eigenvalue weighted by Crippen LogP contribution is -1.96. The molecule has 0 aliphatic heterocycles. The van der Waals surface area contributed by atoms with Crippen LogP contribution in [0.5, 0.6) is 11.8 Å². The van der Waals surface area contributed by atoms with Crippen LogP contribution in [0.3, 0.4) is 0 Å². The van der Waals surface area contributed by atoms with Gasteiger partial charge in [0, 0.05) is 17.6 Å². The summed E-state index contributed by atoms with van der Waals surface area (Å²) in [7, 11) is 1.63. The number of benzene rings is 1. The molecule has 0 N–H and O–H groups in total. The molecule has 0 fully saturated rings. The fourth-order valence-corrected chi connectivity index (χ4v) is 1.44. The summed E-state index contributed by atoms with van der Waals surface area (Å²) in [5.41, 5.74) is 0. The molecule has 0 unspecified atom stereocenters. The van der Waals surface area contributed by atoms with Gasteiger partial charge in [0.05, 0.1) is 0 Å². The second-order valence-corrected chi connectivity index (χ2v) is 3.71. The molecule has 0 aliphatic carbocycles. The summed E-state index contributed by atoms with van der Waals surface area (Å²) in [6.07, 6.45) is 0. The zero-order valence-electron chi connectivity index (χ0n) is 7.69. The van der Waals surface area contributed by atoms with Crippen LogP contribution in [0.4, 0.5) is 4.39 Å². The summed E-state index contributed by atoms with van der Waals surface area (Å²) in [6.45, 7) is 0. The molecule has 0 radical (unpaired) electrons. The molecule has 0 spiro atoms. The Morgan fingerprint density at radius 3 is 2.80 bits per heavy atom. The summed E-state index contributed by atoms with van der Waals surface area (Å²) in [4.78, 5) is 0. The van der Waals surface area contributed by atoms with E-state index < -0.39 is 5.82 Å². The van der Waals surface area contributed by atoms with Crippen LogP contribution in [0.1, 0.15) is 0 Å². The molecule has 0 amide bonds. The van der Waals surface area contributed by atoms with Gasteiger partial charge in [-0.3, -0.25) is 0 Å². The van der Waals surface area contributed by atoms with Gasteiger partial charge >= 0.3 is 6.01 Å². The summed E-state index contributed by atoms with van der Waals surface area (Å²) in [5.74, 6) is -0.0609. The number of tetrazole rings is 1. The van der Waals surface area contributed by atoms with Gasteiger partial charge < -0.3 is 4.74 Å². The van der Waals surface area contributed by atoms with Crippen molar-refractivity contribution in [1.82, 2.24) is 20.2 Å². The highest BCUT2D eigenvalue weighted by Gasteiger charge is 2.06. The second-order valence-electron chi connectivity index (χ2n) is 2.79. The van der Waals surface area contributed by atoms with Crippen LogP contribution in [-0.4, -0.2) is 20.2 Å². The fraction of sp³-hybridized carbons (Fsp3) is 0.125. The summed E-state index contributed by atoms with van der Waals surface area (Å²) >= 11 is 3.16. The van der Waals surface area contributed by atoms with Crippen LogP contribution in [0.15, 0.2) is 22.7 Å². The second kappa shape index (κ2) is 3.93. The zero-order chi connectivity index (χ0) is 10.8. The minimum Gasteiger partial charge on any atom is -0.423 e. The van der Waals surface area contributed by atoms with Gasteiger partial charge in [-0.05, 0) is 22.6 Å². The van der Waals surface area contributed by atoms with Crippen LogP contribution in [0, 0.1) is 5.82 Å². The Bertz CT molecular complexity index is 467. The minimum atomic E-state index is -0.394. The van der Waals surface area contributed by atoms with Crippen LogP contribution in [0.2, 0.25) is 0 Å². The number of nitrogens with zero attached hydrogens (tertiary/aromatic N) is 4. The minimum absolute atomic E-state index is 0.201. The van der Waals surface area contributed by atoms with Crippen LogP contribution >= 0.6 is 15.9 Å². The first-order chi connectivity index (χ1) is 7.15. The molecule has 5 nitrogen and oxygen atoms in total. The number of aryl methyl sites for hydroxylation is 1. The molecule has 0 aliphatic rings. The number of aromatic nitrogens is 4. The van der Waals surface area contributed by atoms with E-state index in [1.807, 2.05) is 0 Å². The Kier molecular flexibility index (Phi) is 2.63. The number of halogens is 2. The number of ether oxygens (including phenoxy) is 1. The maximum Gasteiger partial charge on any atom is 0.340 e. The maximum atomic E-state index is 13.0. The van der Waals surface area contributed by atoms with E-state index >= 15 is 0 Å². The zero-order valence-corrected chi connectivity index (χ0v) is 9.27. The topological polar surface area (TPSA) is 52.8 Å². The van der Waals surface area contributed by atoms with Crippen LogP contribution in [-0.2, 0) is 7.05 Å². The molecule has 1 heterocycles. The first kappa shape index (κ1) is 10.0. The van der Waals surface area contributed by atoms with Crippen molar-refractivity contribution < 1.29 is 9.13 Å². The van der Waals surface area contributed by atoms with Gasteiger partial charge in [-0.2, -0.15) is 4.68 Å². The Labute approximate surface area is 93.0 Å². The predicted molar refractivity (Wildman–Crippen MR) is 53.0 cm³/mol. The normalized spacial score (nSPS) is 10.3. The third kappa shape index (κ3) is 2.30. The molecule has 0 saturated carbocycles. The molecule has 0 bridgehead atoms. The molecule has 1 aromatic carbocycles. The van der Waals surface area contributed by atoms with E-state index in [2.05, 4.69) is 31.5 Å². The van der Waals surface area contributed by atoms with E-state index in [0.29, 0.717) is 10.2 Å². The van der Waals surface area contributed by atoms with Gasteiger partial charge in [0.15, 0.2) is 0 Å². The van der Waals surface area contributed by atoms with Crippen molar-refractivity contribution in [3.8, 4) is 11.8 Å². The average molecular weight is 273 g/mol. The van der Waals surface area contributed by atoms with Gasteiger partial charge in [0.2, 0.25) is 0 Å². The molecular formula is C8H6BrFN4O. The van der Waals surface area contributed by atoms with Crippen molar-refractivity contribution in [2.75, 3.05) is 0 Å². The highest BCUT2D eigenvalue weighted by atomic mass is 79.9. The van der Waals surface area contributed by atoms with Crippen LogP contribution in [0.25, 0.3) is 0 Å². The van der Waals surface area contributed by atoms with Crippen molar-refractivity contribution in [1.29, 1.82) is 0 Å². The first-order valence-electron chi connectivity index (χ1n) is 4.01. The Morgan fingerprint density at radius 2 is 2.20 bits per heavy atom. The van der Waals surface area contributed by atoms with Crippen molar-refractivity contribution in [2.24, 2.45) is 7.05 Å². The monoisotopic (exact) mass is 272 g/mol. The molecule has 7 heteroatoms. The van der Waals surface area contributed by atoms with Crippen molar-refractivity contribution in [3.05, 3.63) is 28.5 Å². The maximum absolute atomic E-state index is 13.0. The van der Waals surface area contributed by atoms with Gasteiger partial charge in [-0.25, -0.2) is 4.39 Å². The summed E-state index contributed by atoms with van der Waals surface area (Å²) < 4.78 is 20.2. The smallest absolute Gasteiger partial charge is 0.340 e. The third-order valence-corrected chi connectivity index (χ3v) is 2.08. The SMILES string of the molecule is Cn1nnnc1Oc1cc(F)cc(Br)c1. The molecule has 15 heavy (non-hydrogen) atoms. The van der Waals surface area contributed by atoms with E-state index in [0.717, 1.165) is 0 Å². The van der Waals surface area contributed by atoms with Gasteiger partial charge in [-0.1, -0.05) is 21.0 Å². The Balaban J connectivity index is 2.28. The molecule has 0 atom stereocenters. The molecule has 0 saturated heterocycles. The number of hydrogen-bond acceptors (Lipinski definition) is 4. The largest absolute Gasteiger partial charge is 0.423 e. The van der Waals surface area contributed by atoms with Crippen molar-refractivity contribution in [2.45, 2.75) is 0 Å². The van der Waals surface area contributed by atoms with Gasteiger partial charge in [-0.15, -0.1) is 0 Å². The van der Waals surface area contributed by atoms with E-state index in [4.69, 9.17) is 4.74 Å². The van der Waals surface area contributed by atoms with Crippen molar-refractivity contribution >= 4 is 15.9 Å². The highest BCUT2D eigenvalue weighted by molar-refractivity contribution is 9.10. The third-order valence-electron chi connectivity index (χ3n) is 1.63. The van der Waals surface area contributed by atoms with E-state index in [-0.39, 0.29) is 6.01 Å². The van der Waals surface area contributed by atoms with E-state index in [1.165, 1.54) is 16.8 Å². The van der Waals surface area contributed by atoms with E-state index in [9.17, 15) is 4.39 Å². The lowest BCUT2D eigenvalue weighted by atomic mass is 10.3. The lowest BCUT2D eigenvalue weighted by Gasteiger charge is -2.03. The number of rotatable bonds is 2. The molecule has 78 valence electrons. The van der Waals surface area contributed by atoms with E-state index in [1.54, 1.807) is 13.1 Å². The fourth-order valence-electron chi connectivity index (χ4n) is 1.00. The Morgan fingerprint density at radius 1 is 1.40 bits per heavy atom. The van der Waals surface area contributed by atoms with Crippen LogP contribution < -0.4 is 4.74 Å². The molecular weight excluding hydrogens is 267 g/mol. The quantitative estimate of drug-likeness (QED) is 0.838. The Hall–Kier alpha value is -1.50. The first-order valence-corrected chi connectivity index (χ1v) is 4.81. The van der Waals surface area contributed by atoms with Gasteiger partial charge in [0.25, 0.3) is 0 Å². The standard InChI is InChI=1S/C8H6BrFN4O/c1-14-8(11-12-13-14)15-7-3-5(9)2-6(10)4-7/h2-4H,1H3. The van der Waals surface area contributed by atoms with Gasteiger partial charge in [0.1, 0.15) is 11.6 Å². The molecule has 1 aromatic heterocycles. The average Bonchev–Trinajstić information content (AvgIpc) is 2.50. The number of hydrogen-bond donors (Lipinski definition) is 0. The van der Waals surface area contributed by atoms with Crippen molar-refractivity contribution in [3.63, 3.8) is 0 Å². The molecule has 2 rings (SSSR count). The summed E-state index contributed by atoms with van der Waals surface area (Å²) in [5, 5.41) is 10.6. The summed E-state index contributed by atoms with van der Waals surface area (Å²) in [6, 6.07) is 4.41. The highest BCUT2D eigenvalue weighted by Crippen LogP contribution is 2.23. The predicted octanol–water partition coefficient (Wildman–Crippen LogP) is 1.90. The lowest BCUT2D eigenvalue weighted by molar-refractivity contribution is 0.411.